The number of nitriles is 1. The topological polar surface area (TPSA) is 100 Å². The molecular weight excluding hydrogens is 274 g/mol. The number of alkyl carbamates (subject to hydrolysis) is 1. The number of methoxy groups -OCH3 is 1. The monoisotopic (exact) mass is 289 g/mol. The van der Waals surface area contributed by atoms with E-state index in [9.17, 15) is 9.59 Å². The lowest BCUT2D eigenvalue weighted by Gasteiger charge is -2.08. The predicted octanol–water partition coefficient (Wildman–Crippen LogP) is 1.79. The summed E-state index contributed by atoms with van der Waals surface area (Å²) < 4.78 is 9.68. The molecule has 1 aromatic carbocycles. The number of anilines is 1. The molecule has 0 aliphatic carbocycles. The largest absolute Gasteiger partial charge is 0.495 e. The minimum absolute atomic E-state index is 0.129. The summed E-state index contributed by atoms with van der Waals surface area (Å²) in [7, 11) is 1.50. The summed E-state index contributed by atoms with van der Waals surface area (Å²) in [6.45, 7) is 1.73. The van der Waals surface area contributed by atoms with Gasteiger partial charge in [0.15, 0.2) is 0 Å². The first-order chi connectivity index (χ1) is 10.1. The average molecular weight is 289 g/mol. The zero-order valence-corrected chi connectivity index (χ0v) is 11.7. The first-order valence-electron chi connectivity index (χ1n) is 6.10. The molecule has 7 nitrogen and oxygen atoms in total. The molecule has 2 amide bonds. The van der Waals surface area contributed by atoms with Crippen LogP contribution < -0.4 is 15.4 Å². The molecular formula is C14H15N3O4. The number of hydrogen-bond donors (Lipinski definition) is 2. The van der Waals surface area contributed by atoms with E-state index < -0.39 is 12.0 Å². The smallest absolute Gasteiger partial charge is 0.414 e. The molecule has 0 atom stereocenters. The lowest BCUT2D eigenvalue weighted by atomic mass is 10.2. The van der Waals surface area contributed by atoms with Gasteiger partial charge in [-0.2, -0.15) is 5.26 Å². The number of nitrogens with zero attached hydrogens (tertiary/aromatic N) is 1. The number of ether oxygens (including phenoxy) is 2. The first-order valence-corrected chi connectivity index (χ1v) is 6.10. The third-order valence-corrected chi connectivity index (χ3v) is 2.34. The quantitative estimate of drug-likeness (QED) is 0.633. The normalized spacial score (nSPS) is 10.2. The van der Waals surface area contributed by atoms with Crippen molar-refractivity contribution in [3.8, 4) is 11.8 Å². The molecule has 0 aromatic heterocycles. The lowest BCUT2D eigenvalue weighted by molar-refractivity contribution is -0.116. The van der Waals surface area contributed by atoms with Crippen LogP contribution in [0, 0.1) is 11.3 Å². The third kappa shape index (κ3) is 4.87. The van der Waals surface area contributed by atoms with E-state index in [-0.39, 0.29) is 12.2 Å². The van der Waals surface area contributed by atoms with Crippen molar-refractivity contribution in [2.75, 3.05) is 19.0 Å². The highest BCUT2D eigenvalue weighted by Gasteiger charge is 2.13. The standard InChI is InChI=1S/C14H15N3O4/c1-3-21-14(19)17-13(18)10(8-15)9-16-11-6-4-5-7-12(11)20-2/h4-7,9,16H,3H2,1-2H3,(H,17,18,19). The Hall–Kier alpha value is -3.01. The number of nitrogens with one attached hydrogen (secondary N) is 2. The zero-order chi connectivity index (χ0) is 15.7. The highest BCUT2D eigenvalue weighted by Crippen LogP contribution is 2.23. The fraction of sp³-hybridized carbons (Fsp3) is 0.214. The summed E-state index contributed by atoms with van der Waals surface area (Å²) in [6, 6.07) is 8.69. The van der Waals surface area contributed by atoms with E-state index in [1.165, 1.54) is 13.3 Å². The number of benzene rings is 1. The van der Waals surface area contributed by atoms with Crippen LogP contribution in [-0.4, -0.2) is 25.7 Å². The molecule has 0 aliphatic rings. The lowest BCUT2D eigenvalue weighted by Crippen LogP contribution is -2.32. The summed E-state index contributed by atoms with van der Waals surface area (Å²) in [5.41, 5.74) is 0.311. The van der Waals surface area contributed by atoms with Crippen molar-refractivity contribution in [2.24, 2.45) is 0 Å². The van der Waals surface area contributed by atoms with Crippen LogP contribution in [0.5, 0.6) is 5.75 Å². The Morgan fingerprint density at radius 1 is 1.38 bits per heavy atom. The Labute approximate surface area is 122 Å². The van der Waals surface area contributed by atoms with Crippen LogP contribution in [0.2, 0.25) is 0 Å². The maximum Gasteiger partial charge on any atom is 0.414 e. The second-order valence-electron chi connectivity index (χ2n) is 3.69. The van der Waals surface area contributed by atoms with Crippen molar-refractivity contribution in [3.05, 3.63) is 36.0 Å². The van der Waals surface area contributed by atoms with E-state index in [0.717, 1.165) is 0 Å². The SMILES string of the molecule is CCOC(=O)NC(=O)C(C#N)=CNc1ccccc1OC. The second-order valence-corrected chi connectivity index (χ2v) is 3.69. The van der Waals surface area contributed by atoms with Gasteiger partial charge in [-0.1, -0.05) is 12.1 Å². The molecule has 0 bridgehead atoms. The maximum absolute atomic E-state index is 11.7. The number of amides is 2. The van der Waals surface area contributed by atoms with Crippen LogP contribution in [0.3, 0.4) is 0 Å². The van der Waals surface area contributed by atoms with Crippen LogP contribution >= 0.6 is 0 Å². The third-order valence-electron chi connectivity index (χ3n) is 2.34. The molecule has 1 rings (SSSR count). The molecule has 1 aromatic rings. The number of para-hydroxylation sites is 2. The number of hydrogen-bond acceptors (Lipinski definition) is 6. The zero-order valence-electron chi connectivity index (χ0n) is 11.7. The Kier molecular flexibility index (Phi) is 6.28. The molecule has 7 heteroatoms. The Morgan fingerprint density at radius 2 is 2.10 bits per heavy atom. The average Bonchev–Trinajstić information content (AvgIpc) is 2.48. The minimum Gasteiger partial charge on any atom is -0.495 e. The van der Waals surface area contributed by atoms with Gasteiger partial charge in [-0.05, 0) is 19.1 Å². The molecule has 0 radical (unpaired) electrons. The number of imide groups is 1. The molecule has 0 heterocycles. The van der Waals surface area contributed by atoms with Crippen molar-refractivity contribution in [1.29, 1.82) is 5.26 Å². The Bertz CT molecular complexity index is 590. The van der Waals surface area contributed by atoms with Crippen molar-refractivity contribution in [1.82, 2.24) is 5.32 Å². The fourth-order valence-corrected chi connectivity index (χ4v) is 1.39. The molecule has 0 saturated heterocycles. The number of carbonyl (C=O) groups excluding carboxylic acids is 2. The first kappa shape index (κ1) is 16.0. The van der Waals surface area contributed by atoms with E-state index in [1.807, 2.05) is 5.32 Å². The van der Waals surface area contributed by atoms with E-state index in [4.69, 9.17) is 10.00 Å². The Morgan fingerprint density at radius 3 is 2.71 bits per heavy atom. The van der Waals surface area contributed by atoms with Crippen LogP contribution in [0.1, 0.15) is 6.92 Å². The van der Waals surface area contributed by atoms with Crippen LogP contribution in [0.25, 0.3) is 0 Å². The minimum atomic E-state index is -0.902. The van der Waals surface area contributed by atoms with Crippen molar-refractivity contribution >= 4 is 17.7 Å². The van der Waals surface area contributed by atoms with Crippen LogP contribution in [0.4, 0.5) is 10.5 Å². The molecule has 0 saturated carbocycles. The summed E-state index contributed by atoms with van der Waals surface area (Å²) in [5.74, 6) is -0.296. The predicted molar refractivity (Wildman–Crippen MR) is 75.5 cm³/mol. The summed E-state index contributed by atoms with van der Waals surface area (Å²) >= 11 is 0. The van der Waals surface area contributed by atoms with Gasteiger partial charge in [0.1, 0.15) is 17.4 Å². The van der Waals surface area contributed by atoms with E-state index in [2.05, 4.69) is 10.1 Å². The van der Waals surface area contributed by atoms with E-state index >= 15 is 0 Å². The molecule has 110 valence electrons. The van der Waals surface area contributed by atoms with Crippen molar-refractivity contribution in [2.45, 2.75) is 6.92 Å². The molecule has 0 aliphatic heterocycles. The van der Waals surface area contributed by atoms with Gasteiger partial charge in [0.25, 0.3) is 5.91 Å². The Balaban J connectivity index is 2.78. The maximum atomic E-state index is 11.7. The highest BCUT2D eigenvalue weighted by atomic mass is 16.5. The van der Waals surface area contributed by atoms with Gasteiger partial charge >= 0.3 is 6.09 Å². The summed E-state index contributed by atoms with van der Waals surface area (Å²) in [6.07, 6.45) is 0.285. The van der Waals surface area contributed by atoms with E-state index in [0.29, 0.717) is 11.4 Å². The molecule has 0 spiro atoms. The van der Waals surface area contributed by atoms with Gasteiger partial charge in [-0.3, -0.25) is 10.1 Å². The van der Waals surface area contributed by atoms with Crippen LogP contribution in [-0.2, 0) is 9.53 Å². The van der Waals surface area contributed by atoms with Gasteiger partial charge in [-0.25, -0.2) is 4.79 Å². The van der Waals surface area contributed by atoms with E-state index in [1.54, 1.807) is 37.3 Å². The highest BCUT2D eigenvalue weighted by molar-refractivity contribution is 6.05. The van der Waals surface area contributed by atoms with Crippen LogP contribution in [0.15, 0.2) is 36.0 Å². The number of rotatable bonds is 5. The van der Waals surface area contributed by atoms with Gasteiger partial charge in [-0.15, -0.1) is 0 Å². The molecule has 0 fully saturated rings. The molecule has 0 unspecified atom stereocenters. The number of carbonyl (C=O) groups is 2. The molecule has 2 N–H and O–H groups in total. The van der Waals surface area contributed by atoms with Gasteiger partial charge in [0.2, 0.25) is 0 Å². The van der Waals surface area contributed by atoms with Crippen molar-refractivity contribution in [3.63, 3.8) is 0 Å². The van der Waals surface area contributed by atoms with Gasteiger partial charge in [0, 0.05) is 6.20 Å². The second kappa shape index (κ2) is 8.22. The molecule has 21 heavy (non-hydrogen) atoms. The summed E-state index contributed by atoms with van der Waals surface area (Å²) in [5, 5.41) is 13.7. The van der Waals surface area contributed by atoms with Gasteiger partial charge in [0.05, 0.1) is 19.4 Å². The fourth-order valence-electron chi connectivity index (χ4n) is 1.39. The van der Waals surface area contributed by atoms with Crippen molar-refractivity contribution < 1.29 is 19.1 Å². The summed E-state index contributed by atoms with van der Waals surface area (Å²) in [4.78, 5) is 22.8. The van der Waals surface area contributed by atoms with Gasteiger partial charge < -0.3 is 14.8 Å².